The summed E-state index contributed by atoms with van der Waals surface area (Å²) in [5.41, 5.74) is 0. The van der Waals surface area contributed by atoms with Crippen molar-refractivity contribution in [3.05, 3.63) is 0 Å². The molecule has 0 spiro atoms. The molecule has 1 saturated carbocycles. The van der Waals surface area contributed by atoms with Crippen LogP contribution in [0.1, 0.15) is 39.0 Å². The van der Waals surface area contributed by atoms with E-state index in [4.69, 9.17) is 0 Å². The zero-order chi connectivity index (χ0) is 15.4. The van der Waals surface area contributed by atoms with Gasteiger partial charge in [-0.15, -0.1) is 0 Å². The van der Waals surface area contributed by atoms with Gasteiger partial charge in [0.15, 0.2) is 0 Å². The normalized spacial score (nSPS) is 34.5. The maximum atomic E-state index is 12.6. The van der Waals surface area contributed by atoms with Gasteiger partial charge in [-0.1, -0.05) is 19.8 Å². The van der Waals surface area contributed by atoms with Gasteiger partial charge in [-0.2, -0.15) is 11.8 Å². The molecule has 1 saturated heterocycles. The molecular formula is C16H31N3OS. The van der Waals surface area contributed by atoms with E-state index in [1.807, 2.05) is 23.7 Å². The Kier molecular flexibility index (Phi) is 6.23. The number of piperidine rings is 1. The van der Waals surface area contributed by atoms with E-state index in [2.05, 4.69) is 30.4 Å². The Bertz CT molecular complexity index is 352. The summed E-state index contributed by atoms with van der Waals surface area (Å²) in [7, 11) is 4.14. The van der Waals surface area contributed by atoms with Gasteiger partial charge in [0, 0.05) is 30.9 Å². The first kappa shape index (κ1) is 16.9. The van der Waals surface area contributed by atoms with Crippen molar-refractivity contribution in [1.82, 2.24) is 15.1 Å². The maximum absolute atomic E-state index is 12.6. The zero-order valence-corrected chi connectivity index (χ0v) is 14.8. The lowest BCUT2D eigenvalue weighted by atomic mass is 9.93. The molecule has 2 aliphatic rings. The van der Waals surface area contributed by atoms with Crippen LogP contribution in [0.3, 0.4) is 0 Å². The largest absolute Gasteiger partial charge is 0.334 e. The van der Waals surface area contributed by atoms with Crippen LogP contribution < -0.4 is 5.32 Å². The van der Waals surface area contributed by atoms with Crippen molar-refractivity contribution in [2.45, 2.75) is 56.4 Å². The number of nitrogens with one attached hydrogen (secondary N) is 1. The lowest BCUT2D eigenvalue weighted by molar-refractivity contribution is 0.105. The molecule has 122 valence electrons. The summed E-state index contributed by atoms with van der Waals surface area (Å²) < 4.78 is 0. The molecule has 1 aliphatic carbocycles. The van der Waals surface area contributed by atoms with Crippen LogP contribution in [0.5, 0.6) is 0 Å². The summed E-state index contributed by atoms with van der Waals surface area (Å²) in [4.78, 5) is 16.9. The summed E-state index contributed by atoms with van der Waals surface area (Å²) >= 11 is 1.90. The molecule has 0 bridgehead atoms. The van der Waals surface area contributed by atoms with Crippen LogP contribution in [0.4, 0.5) is 4.79 Å². The lowest BCUT2D eigenvalue weighted by Crippen LogP contribution is -2.55. The van der Waals surface area contributed by atoms with Gasteiger partial charge in [0.25, 0.3) is 0 Å². The predicted molar refractivity (Wildman–Crippen MR) is 90.9 cm³/mol. The third-order valence-corrected chi connectivity index (χ3v) is 6.36. The van der Waals surface area contributed by atoms with E-state index in [0.29, 0.717) is 23.3 Å². The molecule has 0 radical (unpaired) electrons. The van der Waals surface area contributed by atoms with Gasteiger partial charge in [-0.25, -0.2) is 4.79 Å². The average Bonchev–Trinajstić information content (AvgIpc) is 2.47. The fraction of sp³-hybridized carbons (Fsp3) is 0.938. The number of thioether (sulfide) groups is 1. The molecule has 1 N–H and O–H groups in total. The van der Waals surface area contributed by atoms with Gasteiger partial charge in [0.1, 0.15) is 0 Å². The lowest BCUT2D eigenvalue weighted by Gasteiger charge is -2.41. The molecule has 4 atom stereocenters. The smallest absolute Gasteiger partial charge is 0.317 e. The van der Waals surface area contributed by atoms with Crippen molar-refractivity contribution in [2.75, 3.05) is 33.4 Å². The number of urea groups is 1. The number of amides is 2. The molecule has 1 heterocycles. The molecule has 2 amide bonds. The Balaban J connectivity index is 1.89. The van der Waals surface area contributed by atoms with E-state index in [1.165, 1.54) is 19.3 Å². The Morgan fingerprint density at radius 3 is 2.67 bits per heavy atom. The third-order valence-electron chi connectivity index (χ3n) is 5.20. The second kappa shape index (κ2) is 7.73. The van der Waals surface area contributed by atoms with Crippen molar-refractivity contribution in [3.8, 4) is 0 Å². The molecule has 0 aromatic rings. The Morgan fingerprint density at radius 1 is 1.29 bits per heavy atom. The van der Waals surface area contributed by atoms with Gasteiger partial charge in [0.05, 0.1) is 0 Å². The monoisotopic (exact) mass is 313 g/mol. The number of hydrogen-bond acceptors (Lipinski definition) is 3. The fourth-order valence-corrected chi connectivity index (χ4v) is 4.81. The minimum absolute atomic E-state index is 0.127. The van der Waals surface area contributed by atoms with E-state index in [0.717, 1.165) is 25.9 Å². The average molecular weight is 314 g/mol. The SMILES string of the molecule is CSC1CCCCC1NC(=O)N(C)C1CCN(C)CC1C. The van der Waals surface area contributed by atoms with E-state index in [9.17, 15) is 4.79 Å². The highest BCUT2D eigenvalue weighted by Crippen LogP contribution is 2.27. The minimum atomic E-state index is 0.127. The predicted octanol–water partition coefficient (Wildman–Crippen LogP) is 2.64. The highest BCUT2D eigenvalue weighted by molar-refractivity contribution is 7.99. The molecule has 0 aromatic carbocycles. The van der Waals surface area contributed by atoms with Crippen molar-refractivity contribution in [1.29, 1.82) is 0 Å². The highest BCUT2D eigenvalue weighted by atomic mass is 32.2. The van der Waals surface area contributed by atoms with Gasteiger partial charge in [-0.05, 0) is 45.0 Å². The number of rotatable bonds is 3. The molecule has 5 heteroatoms. The van der Waals surface area contributed by atoms with E-state index < -0.39 is 0 Å². The Hall–Kier alpha value is -0.420. The molecule has 4 nitrogen and oxygen atoms in total. The number of likely N-dealkylation sites (tertiary alicyclic amines) is 1. The van der Waals surface area contributed by atoms with Crippen LogP contribution >= 0.6 is 11.8 Å². The van der Waals surface area contributed by atoms with E-state index >= 15 is 0 Å². The van der Waals surface area contributed by atoms with Crippen LogP contribution in [-0.4, -0.2) is 66.6 Å². The number of nitrogens with zero attached hydrogens (tertiary/aromatic N) is 2. The molecule has 2 fully saturated rings. The first-order valence-corrected chi connectivity index (χ1v) is 9.56. The number of carbonyl (C=O) groups excluding carboxylic acids is 1. The van der Waals surface area contributed by atoms with Crippen LogP contribution in [0, 0.1) is 5.92 Å². The van der Waals surface area contributed by atoms with Crippen LogP contribution in [0.15, 0.2) is 0 Å². The van der Waals surface area contributed by atoms with Crippen molar-refractivity contribution >= 4 is 17.8 Å². The second-order valence-electron chi connectivity index (χ2n) is 6.82. The van der Waals surface area contributed by atoms with Crippen molar-refractivity contribution in [3.63, 3.8) is 0 Å². The molecule has 1 aliphatic heterocycles. The van der Waals surface area contributed by atoms with Gasteiger partial charge in [-0.3, -0.25) is 0 Å². The van der Waals surface area contributed by atoms with Crippen LogP contribution in [0.25, 0.3) is 0 Å². The fourth-order valence-electron chi connectivity index (χ4n) is 3.87. The maximum Gasteiger partial charge on any atom is 0.317 e. The van der Waals surface area contributed by atoms with Gasteiger partial charge < -0.3 is 15.1 Å². The standard InChI is InChI=1S/C16H31N3OS/c1-12-11-18(2)10-9-14(12)19(3)16(20)17-13-7-5-6-8-15(13)21-4/h12-15H,5-11H2,1-4H3,(H,17,20). The highest BCUT2D eigenvalue weighted by Gasteiger charge is 2.32. The summed E-state index contributed by atoms with van der Waals surface area (Å²) in [6.07, 6.45) is 8.17. The Labute approximate surface area is 134 Å². The van der Waals surface area contributed by atoms with Gasteiger partial charge >= 0.3 is 6.03 Å². The first-order chi connectivity index (χ1) is 10.0. The Morgan fingerprint density at radius 2 is 2.00 bits per heavy atom. The first-order valence-electron chi connectivity index (χ1n) is 8.27. The summed E-state index contributed by atoms with van der Waals surface area (Å²) in [6, 6.07) is 0.852. The topological polar surface area (TPSA) is 35.6 Å². The molecule has 4 unspecified atom stereocenters. The zero-order valence-electron chi connectivity index (χ0n) is 14.0. The van der Waals surface area contributed by atoms with Crippen molar-refractivity contribution < 1.29 is 4.79 Å². The van der Waals surface area contributed by atoms with Crippen LogP contribution in [-0.2, 0) is 0 Å². The van der Waals surface area contributed by atoms with E-state index in [1.54, 1.807) is 0 Å². The molecule has 2 rings (SSSR count). The minimum Gasteiger partial charge on any atom is -0.334 e. The summed E-state index contributed by atoms with van der Waals surface area (Å²) in [5.74, 6) is 0.544. The van der Waals surface area contributed by atoms with Crippen molar-refractivity contribution in [2.24, 2.45) is 5.92 Å². The van der Waals surface area contributed by atoms with Crippen LogP contribution in [0.2, 0.25) is 0 Å². The summed E-state index contributed by atoms with van der Waals surface area (Å²) in [5, 5.41) is 3.89. The third kappa shape index (κ3) is 4.28. The molecule has 0 aromatic heterocycles. The quantitative estimate of drug-likeness (QED) is 0.870. The van der Waals surface area contributed by atoms with E-state index in [-0.39, 0.29) is 6.03 Å². The number of carbonyl (C=O) groups is 1. The second-order valence-corrected chi connectivity index (χ2v) is 7.90. The number of hydrogen-bond donors (Lipinski definition) is 1. The molecular weight excluding hydrogens is 282 g/mol. The molecule has 21 heavy (non-hydrogen) atoms. The summed E-state index contributed by atoms with van der Waals surface area (Å²) in [6.45, 7) is 4.43. The van der Waals surface area contributed by atoms with Gasteiger partial charge in [0.2, 0.25) is 0 Å².